The van der Waals surface area contributed by atoms with Gasteiger partial charge in [0, 0.05) is 23.6 Å². The van der Waals surface area contributed by atoms with E-state index in [-0.39, 0.29) is 25.0 Å². The zero-order valence-electron chi connectivity index (χ0n) is 18.0. The maximum absolute atomic E-state index is 12.6. The lowest BCUT2D eigenvalue weighted by Gasteiger charge is -2.12. The first kappa shape index (κ1) is 22.0. The predicted molar refractivity (Wildman–Crippen MR) is 126 cm³/mol. The van der Waals surface area contributed by atoms with Crippen LogP contribution in [0, 0.1) is 6.92 Å². The molecule has 1 aliphatic heterocycles. The molecule has 1 aliphatic rings. The molecule has 166 valence electrons. The summed E-state index contributed by atoms with van der Waals surface area (Å²) in [5, 5.41) is 10.4. The van der Waals surface area contributed by atoms with E-state index in [0.29, 0.717) is 18.1 Å². The summed E-state index contributed by atoms with van der Waals surface area (Å²) in [5.74, 6) is 2.39. The minimum Gasteiger partial charge on any atom is -0.483 e. The van der Waals surface area contributed by atoms with Crippen LogP contribution in [0.5, 0.6) is 5.75 Å². The van der Waals surface area contributed by atoms with Gasteiger partial charge in [-0.15, -0.1) is 0 Å². The fraction of sp³-hybridized carbons (Fsp3) is 0.292. The highest BCUT2D eigenvalue weighted by atomic mass is 32.2. The van der Waals surface area contributed by atoms with Crippen molar-refractivity contribution < 1.29 is 14.3 Å². The van der Waals surface area contributed by atoms with Crippen molar-refractivity contribution in [1.82, 2.24) is 15.1 Å². The molecule has 2 heterocycles. The van der Waals surface area contributed by atoms with Crippen molar-refractivity contribution in [2.75, 3.05) is 18.5 Å². The average molecular weight is 451 g/mol. The second-order valence-corrected chi connectivity index (χ2v) is 8.60. The van der Waals surface area contributed by atoms with E-state index in [1.165, 1.54) is 5.56 Å². The number of thioether (sulfide) groups is 1. The summed E-state index contributed by atoms with van der Waals surface area (Å²) < 4.78 is 7.25. The highest BCUT2D eigenvalue weighted by Crippen LogP contribution is 2.34. The van der Waals surface area contributed by atoms with Crippen LogP contribution in [0.2, 0.25) is 0 Å². The summed E-state index contributed by atoms with van der Waals surface area (Å²) in [6, 6.07) is 17.6. The van der Waals surface area contributed by atoms with Gasteiger partial charge in [-0.3, -0.25) is 9.59 Å². The minimum atomic E-state index is -0.279. The lowest BCUT2D eigenvalue weighted by atomic mass is 10.1. The number of fused-ring (bicyclic) bond motifs is 1. The molecule has 0 saturated heterocycles. The summed E-state index contributed by atoms with van der Waals surface area (Å²) in [6.07, 6.45) is 0.763. The van der Waals surface area contributed by atoms with E-state index >= 15 is 0 Å². The van der Waals surface area contributed by atoms with Crippen LogP contribution in [-0.2, 0) is 34.1 Å². The maximum atomic E-state index is 12.6. The minimum absolute atomic E-state index is 0.0563. The number of carbonyl (C=O) groups is 2. The third kappa shape index (κ3) is 5.50. The van der Waals surface area contributed by atoms with E-state index in [2.05, 4.69) is 15.7 Å². The van der Waals surface area contributed by atoms with E-state index in [1.54, 1.807) is 16.4 Å². The van der Waals surface area contributed by atoms with Crippen molar-refractivity contribution in [2.45, 2.75) is 31.4 Å². The first-order valence-electron chi connectivity index (χ1n) is 10.6. The van der Waals surface area contributed by atoms with E-state index < -0.39 is 0 Å². The summed E-state index contributed by atoms with van der Waals surface area (Å²) >= 11 is 1.74. The third-order valence-corrected chi connectivity index (χ3v) is 6.17. The number of anilines is 1. The fourth-order valence-electron chi connectivity index (χ4n) is 3.53. The van der Waals surface area contributed by atoms with Crippen molar-refractivity contribution in [1.29, 1.82) is 0 Å². The van der Waals surface area contributed by atoms with Crippen LogP contribution in [0.4, 0.5) is 5.82 Å². The van der Waals surface area contributed by atoms with E-state index in [0.717, 1.165) is 34.7 Å². The first-order valence-corrected chi connectivity index (χ1v) is 11.7. The predicted octanol–water partition coefficient (Wildman–Crippen LogP) is 3.31. The quantitative estimate of drug-likeness (QED) is 0.522. The lowest BCUT2D eigenvalue weighted by molar-refractivity contribution is -0.122. The molecule has 8 heteroatoms. The highest BCUT2D eigenvalue weighted by molar-refractivity contribution is 7.98. The number of carbonyl (C=O) groups excluding carboxylic acids is 2. The molecule has 0 spiro atoms. The summed E-state index contributed by atoms with van der Waals surface area (Å²) in [7, 11) is 0. The number of benzene rings is 2. The molecular formula is C24H26N4O3S. The summed E-state index contributed by atoms with van der Waals surface area (Å²) in [6.45, 7) is 2.43. The smallest absolute Gasteiger partial charge is 0.263 e. The van der Waals surface area contributed by atoms with Gasteiger partial charge in [-0.2, -0.15) is 16.9 Å². The summed E-state index contributed by atoms with van der Waals surface area (Å²) in [5.41, 5.74) is 4.04. The standard InChI is InChI=1S/C24H26N4O3S/c1-17-7-5-6-10-21(17)31-14-23(30)26-24-19-15-32-16-20(19)27-28(24)13-22(29)25-12-11-18-8-3-2-4-9-18/h2-10H,11-16H2,1H3,(H,25,29)(H,26,30). The number of rotatable bonds is 9. The zero-order chi connectivity index (χ0) is 22.3. The van der Waals surface area contributed by atoms with Gasteiger partial charge in [0.1, 0.15) is 18.1 Å². The third-order valence-electron chi connectivity index (χ3n) is 5.20. The Morgan fingerprint density at radius 2 is 1.84 bits per heavy atom. The molecule has 0 radical (unpaired) electrons. The lowest BCUT2D eigenvalue weighted by Crippen LogP contribution is -2.31. The van der Waals surface area contributed by atoms with Gasteiger partial charge in [0.05, 0.1) is 5.69 Å². The number of para-hydroxylation sites is 1. The monoisotopic (exact) mass is 450 g/mol. The van der Waals surface area contributed by atoms with Gasteiger partial charge in [-0.05, 0) is 30.5 Å². The SMILES string of the molecule is Cc1ccccc1OCC(=O)Nc1c2c(nn1CC(=O)NCCc1ccccc1)CSC2. The van der Waals surface area contributed by atoms with Crippen LogP contribution < -0.4 is 15.4 Å². The Bertz CT molecular complexity index is 1100. The normalized spacial score (nSPS) is 12.3. The molecule has 1 aromatic heterocycles. The number of nitrogens with zero attached hydrogens (tertiary/aromatic N) is 2. The Morgan fingerprint density at radius 1 is 1.06 bits per heavy atom. The van der Waals surface area contributed by atoms with Crippen LogP contribution in [0.3, 0.4) is 0 Å². The summed E-state index contributed by atoms with van der Waals surface area (Å²) in [4.78, 5) is 25.1. The molecule has 0 atom stereocenters. The zero-order valence-corrected chi connectivity index (χ0v) is 18.8. The van der Waals surface area contributed by atoms with Gasteiger partial charge >= 0.3 is 0 Å². The van der Waals surface area contributed by atoms with Crippen LogP contribution in [0.1, 0.15) is 22.4 Å². The number of aryl methyl sites for hydroxylation is 1. The van der Waals surface area contributed by atoms with Crippen LogP contribution in [0.25, 0.3) is 0 Å². The Kier molecular flexibility index (Phi) is 7.11. The van der Waals surface area contributed by atoms with Crippen LogP contribution in [-0.4, -0.2) is 34.7 Å². The van der Waals surface area contributed by atoms with Crippen LogP contribution >= 0.6 is 11.8 Å². The molecule has 2 aromatic carbocycles. The molecular weight excluding hydrogens is 424 g/mol. The molecule has 2 N–H and O–H groups in total. The Hall–Kier alpha value is -3.26. The molecule has 0 aliphatic carbocycles. The molecule has 0 bridgehead atoms. The molecule has 0 fully saturated rings. The van der Waals surface area contributed by atoms with Gasteiger partial charge in [0.2, 0.25) is 5.91 Å². The van der Waals surface area contributed by atoms with E-state index in [4.69, 9.17) is 4.74 Å². The van der Waals surface area contributed by atoms with Gasteiger partial charge in [-0.25, -0.2) is 4.68 Å². The number of ether oxygens (including phenoxy) is 1. The van der Waals surface area contributed by atoms with Crippen molar-refractivity contribution in [3.63, 3.8) is 0 Å². The molecule has 7 nitrogen and oxygen atoms in total. The van der Waals surface area contributed by atoms with Gasteiger partial charge < -0.3 is 15.4 Å². The molecule has 0 saturated carbocycles. The number of amides is 2. The largest absolute Gasteiger partial charge is 0.483 e. The number of nitrogens with one attached hydrogen (secondary N) is 2. The highest BCUT2D eigenvalue weighted by Gasteiger charge is 2.25. The van der Waals surface area contributed by atoms with Crippen molar-refractivity contribution >= 4 is 29.4 Å². The second-order valence-electron chi connectivity index (χ2n) is 7.61. The van der Waals surface area contributed by atoms with Crippen molar-refractivity contribution in [3.05, 3.63) is 77.0 Å². The van der Waals surface area contributed by atoms with E-state index in [9.17, 15) is 9.59 Å². The molecule has 4 rings (SSSR count). The number of hydrogen-bond donors (Lipinski definition) is 2. The van der Waals surface area contributed by atoms with Crippen molar-refractivity contribution in [2.24, 2.45) is 0 Å². The van der Waals surface area contributed by atoms with Crippen molar-refractivity contribution in [3.8, 4) is 5.75 Å². The molecule has 0 unspecified atom stereocenters. The van der Waals surface area contributed by atoms with Crippen LogP contribution in [0.15, 0.2) is 54.6 Å². The Labute approximate surface area is 191 Å². The molecule has 2 amide bonds. The van der Waals surface area contributed by atoms with Gasteiger partial charge in [-0.1, -0.05) is 48.5 Å². The maximum Gasteiger partial charge on any atom is 0.263 e. The molecule has 3 aromatic rings. The topological polar surface area (TPSA) is 85.2 Å². The number of hydrogen-bond acceptors (Lipinski definition) is 5. The number of aromatic nitrogens is 2. The van der Waals surface area contributed by atoms with Gasteiger partial charge in [0.25, 0.3) is 5.91 Å². The molecule has 32 heavy (non-hydrogen) atoms. The Morgan fingerprint density at radius 3 is 2.66 bits per heavy atom. The Balaban J connectivity index is 1.35. The second kappa shape index (κ2) is 10.4. The first-order chi connectivity index (χ1) is 15.6. The fourth-order valence-corrected chi connectivity index (χ4v) is 4.57. The van der Waals surface area contributed by atoms with Gasteiger partial charge in [0.15, 0.2) is 6.61 Å². The average Bonchev–Trinajstić information content (AvgIpc) is 3.36. The van der Waals surface area contributed by atoms with E-state index in [1.807, 2.05) is 61.5 Å².